The van der Waals surface area contributed by atoms with Crippen molar-refractivity contribution in [2.24, 2.45) is 0 Å². The highest BCUT2D eigenvalue weighted by Gasteiger charge is 2.49. The van der Waals surface area contributed by atoms with E-state index in [1.165, 1.54) is 16.8 Å². The summed E-state index contributed by atoms with van der Waals surface area (Å²) in [6, 6.07) is 26.9. The molecule has 4 nitrogen and oxygen atoms in total. The standard InChI is InChI=1S/C25H25N3O/c1-2-18-12-14-20(15-13-18)24-27-22-11-7-6-8-19(22)16-17-23(27)25(29)28(24)26-21-9-4-3-5-10-21/h3-15,23-24,26H,2,16-17H2,1H3. The first-order valence-corrected chi connectivity index (χ1v) is 10.4. The molecule has 4 heteroatoms. The third-order valence-corrected chi connectivity index (χ3v) is 6.03. The number of hydrazine groups is 1. The summed E-state index contributed by atoms with van der Waals surface area (Å²) in [5, 5.41) is 1.82. The zero-order valence-corrected chi connectivity index (χ0v) is 16.6. The lowest BCUT2D eigenvalue weighted by molar-refractivity contribution is -0.128. The zero-order valence-electron chi connectivity index (χ0n) is 16.6. The number of para-hydroxylation sites is 2. The fraction of sp³-hybridized carbons (Fsp3) is 0.240. The van der Waals surface area contributed by atoms with Gasteiger partial charge in [0, 0.05) is 5.69 Å². The van der Waals surface area contributed by atoms with Crippen LogP contribution in [0.25, 0.3) is 0 Å². The number of carbonyl (C=O) groups excluding carboxylic acids is 1. The molecule has 29 heavy (non-hydrogen) atoms. The van der Waals surface area contributed by atoms with Gasteiger partial charge in [-0.3, -0.25) is 10.2 Å². The number of hydrogen-bond donors (Lipinski definition) is 1. The molecule has 1 fully saturated rings. The van der Waals surface area contributed by atoms with Crippen molar-refractivity contribution in [1.29, 1.82) is 0 Å². The summed E-state index contributed by atoms with van der Waals surface area (Å²) < 4.78 is 0. The molecular formula is C25H25N3O. The molecule has 2 aliphatic rings. The number of nitrogens with one attached hydrogen (secondary N) is 1. The monoisotopic (exact) mass is 383 g/mol. The van der Waals surface area contributed by atoms with Crippen molar-refractivity contribution in [3.05, 3.63) is 95.6 Å². The van der Waals surface area contributed by atoms with E-state index < -0.39 is 0 Å². The zero-order chi connectivity index (χ0) is 19.8. The minimum absolute atomic E-state index is 0.132. The number of hydrogen-bond acceptors (Lipinski definition) is 3. The van der Waals surface area contributed by atoms with Gasteiger partial charge in [-0.05, 0) is 54.2 Å². The van der Waals surface area contributed by atoms with Crippen LogP contribution in [0, 0.1) is 0 Å². The average Bonchev–Trinajstić information content (AvgIpc) is 3.06. The van der Waals surface area contributed by atoms with Crippen LogP contribution in [0.1, 0.15) is 36.2 Å². The van der Waals surface area contributed by atoms with Crippen LogP contribution in [-0.4, -0.2) is 17.0 Å². The average molecular weight is 383 g/mol. The molecule has 2 unspecified atom stereocenters. The summed E-state index contributed by atoms with van der Waals surface area (Å²) in [6.45, 7) is 2.16. The Hall–Kier alpha value is -3.27. The van der Waals surface area contributed by atoms with E-state index in [4.69, 9.17) is 0 Å². The third-order valence-electron chi connectivity index (χ3n) is 6.03. The van der Waals surface area contributed by atoms with Crippen LogP contribution < -0.4 is 10.3 Å². The lowest BCUT2D eigenvalue weighted by Crippen LogP contribution is -2.38. The molecule has 146 valence electrons. The highest BCUT2D eigenvalue weighted by atomic mass is 16.2. The van der Waals surface area contributed by atoms with Crippen molar-refractivity contribution in [2.75, 3.05) is 10.3 Å². The van der Waals surface area contributed by atoms with Gasteiger partial charge in [0.2, 0.25) is 0 Å². The molecule has 3 aromatic carbocycles. The highest BCUT2D eigenvalue weighted by Crippen LogP contribution is 2.44. The number of amides is 1. The normalized spacial score (nSPS) is 20.4. The fourth-order valence-electron chi connectivity index (χ4n) is 4.53. The molecule has 3 aromatic rings. The van der Waals surface area contributed by atoms with Crippen LogP contribution in [-0.2, 0) is 17.6 Å². The van der Waals surface area contributed by atoms with Gasteiger partial charge in [0.1, 0.15) is 6.04 Å². The Kier molecular flexibility index (Phi) is 4.47. The molecule has 0 radical (unpaired) electrons. The van der Waals surface area contributed by atoms with E-state index in [-0.39, 0.29) is 18.1 Å². The molecular weight excluding hydrogens is 358 g/mol. The smallest absolute Gasteiger partial charge is 0.265 e. The summed E-state index contributed by atoms with van der Waals surface area (Å²) in [4.78, 5) is 15.8. The van der Waals surface area contributed by atoms with Gasteiger partial charge in [-0.1, -0.05) is 67.6 Å². The molecule has 1 N–H and O–H groups in total. The van der Waals surface area contributed by atoms with E-state index in [2.05, 4.69) is 65.8 Å². The first-order chi connectivity index (χ1) is 14.3. The minimum Gasteiger partial charge on any atom is -0.333 e. The van der Waals surface area contributed by atoms with E-state index in [1.54, 1.807) is 0 Å². The second-order valence-electron chi connectivity index (χ2n) is 7.75. The summed E-state index contributed by atoms with van der Waals surface area (Å²) in [5.74, 6) is 0.132. The quantitative estimate of drug-likeness (QED) is 0.693. The molecule has 0 saturated carbocycles. The van der Waals surface area contributed by atoms with Gasteiger partial charge in [0.25, 0.3) is 5.91 Å². The largest absolute Gasteiger partial charge is 0.333 e. The van der Waals surface area contributed by atoms with Crippen molar-refractivity contribution in [3.63, 3.8) is 0 Å². The number of nitrogens with zero attached hydrogens (tertiary/aromatic N) is 2. The Morgan fingerprint density at radius 2 is 1.66 bits per heavy atom. The maximum absolute atomic E-state index is 13.5. The Bertz CT molecular complexity index is 1020. The molecule has 0 aliphatic carbocycles. The lowest BCUT2D eigenvalue weighted by Gasteiger charge is -2.37. The van der Waals surface area contributed by atoms with Crippen LogP contribution in [0.2, 0.25) is 0 Å². The first-order valence-electron chi connectivity index (χ1n) is 10.4. The van der Waals surface area contributed by atoms with E-state index >= 15 is 0 Å². The van der Waals surface area contributed by atoms with Crippen molar-refractivity contribution in [1.82, 2.24) is 5.01 Å². The Balaban J connectivity index is 1.60. The van der Waals surface area contributed by atoms with E-state index in [9.17, 15) is 4.79 Å². The Labute approximate surface area is 171 Å². The number of benzene rings is 3. The van der Waals surface area contributed by atoms with Gasteiger partial charge in [-0.25, -0.2) is 5.01 Å². The van der Waals surface area contributed by atoms with E-state index in [0.29, 0.717) is 0 Å². The maximum atomic E-state index is 13.5. The molecule has 5 rings (SSSR count). The van der Waals surface area contributed by atoms with E-state index in [0.717, 1.165) is 30.5 Å². The highest BCUT2D eigenvalue weighted by molar-refractivity contribution is 5.92. The van der Waals surface area contributed by atoms with Crippen LogP contribution in [0.4, 0.5) is 11.4 Å². The summed E-state index contributed by atoms with van der Waals surface area (Å²) in [7, 11) is 0. The number of aryl methyl sites for hydroxylation is 2. The van der Waals surface area contributed by atoms with E-state index in [1.807, 2.05) is 35.3 Å². The van der Waals surface area contributed by atoms with Crippen molar-refractivity contribution >= 4 is 17.3 Å². The van der Waals surface area contributed by atoms with Gasteiger partial charge in [-0.2, -0.15) is 0 Å². The second-order valence-corrected chi connectivity index (χ2v) is 7.75. The first kappa shape index (κ1) is 17.8. The lowest BCUT2D eigenvalue weighted by atomic mass is 9.95. The number of rotatable bonds is 4. The van der Waals surface area contributed by atoms with Crippen LogP contribution >= 0.6 is 0 Å². The van der Waals surface area contributed by atoms with Crippen LogP contribution in [0.15, 0.2) is 78.9 Å². The van der Waals surface area contributed by atoms with Crippen LogP contribution in [0.5, 0.6) is 0 Å². The Morgan fingerprint density at radius 1 is 0.931 bits per heavy atom. The van der Waals surface area contributed by atoms with Gasteiger partial charge >= 0.3 is 0 Å². The van der Waals surface area contributed by atoms with Crippen molar-refractivity contribution in [3.8, 4) is 0 Å². The van der Waals surface area contributed by atoms with Gasteiger partial charge in [-0.15, -0.1) is 0 Å². The predicted molar refractivity (Wildman–Crippen MR) is 117 cm³/mol. The number of anilines is 2. The molecule has 2 aliphatic heterocycles. The topological polar surface area (TPSA) is 35.6 Å². The maximum Gasteiger partial charge on any atom is 0.265 e. The Morgan fingerprint density at radius 3 is 2.41 bits per heavy atom. The van der Waals surface area contributed by atoms with Gasteiger partial charge < -0.3 is 4.90 Å². The molecule has 2 atom stereocenters. The van der Waals surface area contributed by atoms with Crippen molar-refractivity contribution < 1.29 is 4.79 Å². The minimum atomic E-state index is -0.180. The molecule has 0 bridgehead atoms. The number of fused-ring (bicyclic) bond motifs is 3. The molecule has 0 spiro atoms. The SMILES string of the molecule is CCc1ccc(C2N(Nc3ccccc3)C(=O)C3CCc4ccccc4N32)cc1. The molecule has 1 amide bonds. The number of carbonyl (C=O) groups is 1. The summed E-state index contributed by atoms with van der Waals surface area (Å²) in [5.41, 5.74) is 9.22. The van der Waals surface area contributed by atoms with Gasteiger partial charge in [0.05, 0.1) is 5.69 Å². The fourth-order valence-corrected chi connectivity index (χ4v) is 4.53. The third kappa shape index (κ3) is 3.05. The summed E-state index contributed by atoms with van der Waals surface area (Å²) >= 11 is 0. The predicted octanol–water partition coefficient (Wildman–Crippen LogP) is 4.94. The summed E-state index contributed by atoms with van der Waals surface area (Å²) in [6.07, 6.45) is 2.60. The van der Waals surface area contributed by atoms with Crippen molar-refractivity contribution in [2.45, 2.75) is 38.4 Å². The van der Waals surface area contributed by atoms with Crippen LogP contribution in [0.3, 0.4) is 0 Å². The molecule has 2 heterocycles. The molecule has 1 saturated heterocycles. The van der Waals surface area contributed by atoms with Gasteiger partial charge in [0.15, 0.2) is 6.17 Å². The second kappa shape index (κ2) is 7.28. The molecule has 0 aromatic heterocycles.